The zero-order valence-electron chi connectivity index (χ0n) is 15.2. The van der Waals surface area contributed by atoms with Gasteiger partial charge < -0.3 is 14.6 Å². The molecule has 1 aromatic carbocycles. The average molecular weight is 359 g/mol. The van der Waals surface area contributed by atoms with Gasteiger partial charge in [0.15, 0.2) is 0 Å². The van der Waals surface area contributed by atoms with Gasteiger partial charge in [0.2, 0.25) is 0 Å². The third-order valence-electron chi connectivity index (χ3n) is 4.54. The highest BCUT2D eigenvalue weighted by molar-refractivity contribution is 5.90. The quantitative estimate of drug-likeness (QED) is 0.795. The molecule has 0 saturated carbocycles. The van der Waals surface area contributed by atoms with Crippen molar-refractivity contribution in [2.24, 2.45) is 0 Å². The molecule has 0 radical (unpaired) electrons. The van der Waals surface area contributed by atoms with Crippen molar-refractivity contribution in [1.82, 2.24) is 14.7 Å². The Labute approximate surface area is 153 Å². The first kappa shape index (κ1) is 18.4. The Morgan fingerprint density at radius 1 is 1.35 bits per heavy atom. The maximum Gasteiger partial charge on any atom is 0.341 e. The Bertz CT molecular complexity index is 742. The number of piperidine rings is 1. The van der Waals surface area contributed by atoms with E-state index in [0.717, 1.165) is 36.5 Å². The molecule has 7 nitrogen and oxygen atoms in total. The summed E-state index contributed by atoms with van der Waals surface area (Å²) in [6.07, 6.45) is 2.98. The average Bonchev–Trinajstić information content (AvgIpc) is 3.05. The number of carbonyl (C=O) groups is 1. The summed E-state index contributed by atoms with van der Waals surface area (Å²) >= 11 is 0. The number of carbonyl (C=O) groups excluding carboxylic acids is 1. The third kappa shape index (κ3) is 4.05. The first-order chi connectivity index (χ1) is 12.6. The van der Waals surface area contributed by atoms with E-state index in [1.165, 1.54) is 0 Å². The topological polar surface area (TPSA) is 76.8 Å². The van der Waals surface area contributed by atoms with E-state index < -0.39 is 0 Å². The molecule has 2 heterocycles. The van der Waals surface area contributed by atoms with Crippen molar-refractivity contribution >= 4 is 5.97 Å². The number of hydrogen-bond donors (Lipinski definition) is 1. The van der Waals surface area contributed by atoms with Crippen LogP contribution in [0.5, 0.6) is 5.75 Å². The minimum absolute atomic E-state index is 0.314. The lowest BCUT2D eigenvalue weighted by Gasteiger charge is -2.30. The second-order valence-electron chi connectivity index (χ2n) is 6.37. The highest BCUT2D eigenvalue weighted by Crippen LogP contribution is 2.22. The van der Waals surface area contributed by atoms with Crippen LogP contribution in [0.25, 0.3) is 5.69 Å². The summed E-state index contributed by atoms with van der Waals surface area (Å²) in [6, 6.07) is 7.51. The Morgan fingerprint density at radius 3 is 2.77 bits per heavy atom. The summed E-state index contributed by atoms with van der Waals surface area (Å²) in [6.45, 7) is 4.10. The van der Waals surface area contributed by atoms with Gasteiger partial charge in [-0.05, 0) is 50.6 Å². The molecule has 1 N–H and O–H groups in total. The molecule has 1 saturated heterocycles. The number of aliphatic hydroxyl groups excluding tert-OH is 1. The molecule has 140 valence electrons. The maximum absolute atomic E-state index is 12.4. The molecule has 1 aliphatic rings. The lowest BCUT2D eigenvalue weighted by atomic mass is 10.1. The van der Waals surface area contributed by atoms with Crippen LogP contribution in [-0.4, -0.2) is 58.7 Å². The fraction of sp³-hybridized carbons (Fsp3) is 0.474. The summed E-state index contributed by atoms with van der Waals surface area (Å²) in [7, 11) is 1.62. The first-order valence-electron chi connectivity index (χ1n) is 8.91. The van der Waals surface area contributed by atoms with Crippen molar-refractivity contribution in [1.29, 1.82) is 0 Å². The van der Waals surface area contributed by atoms with E-state index in [1.54, 1.807) is 24.9 Å². The number of hydrogen-bond acceptors (Lipinski definition) is 6. The maximum atomic E-state index is 12.4. The van der Waals surface area contributed by atoms with E-state index in [2.05, 4.69) is 10.00 Å². The summed E-state index contributed by atoms with van der Waals surface area (Å²) in [5.41, 5.74) is 2.07. The van der Waals surface area contributed by atoms with Gasteiger partial charge in [0.05, 0.1) is 37.4 Å². The van der Waals surface area contributed by atoms with E-state index >= 15 is 0 Å². The molecule has 0 aliphatic carbocycles. The SMILES string of the molecule is CCOC(=O)c1cnn(-c2ccc(OC)cc2)c1CN1CCCC(O)C1. The molecule has 1 aromatic heterocycles. The number of β-amino-alcohol motifs (C(OH)–C–C–N with tert-alkyl or cyclic N) is 1. The van der Waals surface area contributed by atoms with Crippen LogP contribution in [0.2, 0.25) is 0 Å². The minimum atomic E-state index is -0.375. The van der Waals surface area contributed by atoms with E-state index in [1.807, 2.05) is 24.3 Å². The van der Waals surface area contributed by atoms with Crippen LogP contribution in [0.15, 0.2) is 30.5 Å². The number of likely N-dealkylation sites (tertiary alicyclic amines) is 1. The summed E-state index contributed by atoms with van der Waals surface area (Å²) in [4.78, 5) is 14.5. The predicted octanol–water partition coefficient (Wildman–Crippen LogP) is 2.01. The molecule has 26 heavy (non-hydrogen) atoms. The number of rotatable bonds is 6. The van der Waals surface area contributed by atoms with Crippen molar-refractivity contribution in [3.63, 3.8) is 0 Å². The number of esters is 1. The van der Waals surface area contributed by atoms with Crippen LogP contribution >= 0.6 is 0 Å². The molecule has 1 unspecified atom stereocenters. The fourth-order valence-electron chi connectivity index (χ4n) is 3.24. The van der Waals surface area contributed by atoms with Gasteiger partial charge >= 0.3 is 5.97 Å². The normalized spacial score (nSPS) is 17.9. The molecule has 1 atom stereocenters. The number of aromatic nitrogens is 2. The summed E-state index contributed by atoms with van der Waals surface area (Å²) < 4.78 is 12.1. The Balaban J connectivity index is 1.93. The van der Waals surface area contributed by atoms with Gasteiger partial charge in [-0.15, -0.1) is 0 Å². The minimum Gasteiger partial charge on any atom is -0.497 e. The van der Waals surface area contributed by atoms with Crippen LogP contribution in [0, 0.1) is 0 Å². The number of ether oxygens (including phenoxy) is 2. The molecular weight excluding hydrogens is 334 g/mol. The number of methoxy groups -OCH3 is 1. The second kappa shape index (κ2) is 8.33. The van der Waals surface area contributed by atoms with Crippen molar-refractivity contribution in [3.05, 3.63) is 41.7 Å². The number of nitrogens with zero attached hydrogens (tertiary/aromatic N) is 3. The number of aliphatic hydroxyl groups is 1. The van der Waals surface area contributed by atoms with Gasteiger partial charge in [0.1, 0.15) is 11.3 Å². The molecule has 3 rings (SSSR count). The summed E-state index contributed by atoms with van der Waals surface area (Å²) in [5, 5.41) is 14.4. The molecule has 7 heteroatoms. The van der Waals surface area contributed by atoms with Crippen LogP contribution in [-0.2, 0) is 11.3 Å². The molecule has 1 fully saturated rings. The second-order valence-corrected chi connectivity index (χ2v) is 6.37. The molecular formula is C19H25N3O4. The smallest absolute Gasteiger partial charge is 0.341 e. The molecule has 0 amide bonds. The molecule has 2 aromatic rings. The lowest BCUT2D eigenvalue weighted by Crippen LogP contribution is -2.38. The highest BCUT2D eigenvalue weighted by Gasteiger charge is 2.24. The van der Waals surface area contributed by atoms with Gasteiger partial charge in [-0.2, -0.15) is 5.10 Å². The highest BCUT2D eigenvalue weighted by atomic mass is 16.5. The van der Waals surface area contributed by atoms with E-state index in [4.69, 9.17) is 9.47 Å². The molecule has 0 bridgehead atoms. The predicted molar refractivity (Wildman–Crippen MR) is 96.6 cm³/mol. The van der Waals surface area contributed by atoms with Crippen molar-refractivity contribution in [3.8, 4) is 11.4 Å². The van der Waals surface area contributed by atoms with Crippen molar-refractivity contribution in [2.45, 2.75) is 32.4 Å². The van der Waals surface area contributed by atoms with Crippen molar-refractivity contribution in [2.75, 3.05) is 26.8 Å². The van der Waals surface area contributed by atoms with Gasteiger partial charge in [0.25, 0.3) is 0 Å². The van der Waals surface area contributed by atoms with Crippen LogP contribution < -0.4 is 4.74 Å². The largest absolute Gasteiger partial charge is 0.497 e. The Hall–Kier alpha value is -2.38. The summed E-state index contributed by atoms with van der Waals surface area (Å²) in [5.74, 6) is 0.382. The van der Waals surface area contributed by atoms with E-state index in [0.29, 0.717) is 25.3 Å². The Morgan fingerprint density at radius 2 is 2.12 bits per heavy atom. The molecule has 0 spiro atoms. The van der Waals surface area contributed by atoms with E-state index in [9.17, 15) is 9.90 Å². The van der Waals surface area contributed by atoms with Gasteiger partial charge in [-0.25, -0.2) is 9.48 Å². The van der Waals surface area contributed by atoms with Crippen LogP contribution in [0.3, 0.4) is 0 Å². The first-order valence-corrected chi connectivity index (χ1v) is 8.91. The molecule has 1 aliphatic heterocycles. The monoisotopic (exact) mass is 359 g/mol. The van der Waals surface area contributed by atoms with Gasteiger partial charge in [-0.1, -0.05) is 0 Å². The lowest BCUT2D eigenvalue weighted by molar-refractivity contribution is 0.0517. The van der Waals surface area contributed by atoms with Gasteiger partial charge in [-0.3, -0.25) is 4.90 Å². The van der Waals surface area contributed by atoms with Crippen LogP contribution in [0.1, 0.15) is 35.8 Å². The Kier molecular flexibility index (Phi) is 5.90. The zero-order valence-corrected chi connectivity index (χ0v) is 15.2. The third-order valence-corrected chi connectivity index (χ3v) is 4.54. The van der Waals surface area contributed by atoms with Crippen LogP contribution in [0.4, 0.5) is 0 Å². The standard InChI is InChI=1S/C19H25N3O4/c1-3-26-19(24)17-11-20-22(14-6-8-16(25-2)9-7-14)18(17)13-21-10-4-5-15(23)12-21/h6-9,11,15,23H,3-5,10,12-13H2,1-2H3. The fourth-order valence-corrected chi connectivity index (χ4v) is 3.24. The van der Waals surface area contributed by atoms with Gasteiger partial charge in [0, 0.05) is 13.1 Å². The van der Waals surface area contributed by atoms with Crippen molar-refractivity contribution < 1.29 is 19.4 Å². The zero-order chi connectivity index (χ0) is 18.5. The van der Waals surface area contributed by atoms with E-state index in [-0.39, 0.29) is 12.1 Å². The number of benzene rings is 1.